The number of benzene rings is 1. The Morgan fingerprint density at radius 1 is 1.18 bits per heavy atom. The van der Waals surface area contributed by atoms with Gasteiger partial charge in [-0.15, -0.1) is 0 Å². The number of rotatable bonds is 7. The highest BCUT2D eigenvalue weighted by Crippen LogP contribution is 2.29. The molecule has 0 aliphatic carbocycles. The summed E-state index contributed by atoms with van der Waals surface area (Å²) in [6, 6.07) is 6.92. The van der Waals surface area contributed by atoms with Crippen molar-refractivity contribution in [3.05, 3.63) is 32.7 Å². The van der Waals surface area contributed by atoms with Gasteiger partial charge in [0.25, 0.3) is 0 Å². The minimum Gasteiger partial charge on any atom is -0.310 e. The topological polar surface area (TPSA) is 12.0 Å². The zero-order valence-corrected chi connectivity index (χ0v) is 13.8. The van der Waals surface area contributed by atoms with Crippen molar-refractivity contribution in [2.45, 2.75) is 45.6 Å². The molecule has 0 amide bonds. The molecule has 0 fully saturated rings. The van der Waals surface area contributed by atoms with Gasteiger partial charge >= 0.3 is 0 Å². The van der Waals surface area contributed by atoms with Gasteiger partial charge < -0.3 is 5.32 Å². The highest BCUT2D eigenvalue weighted by molar-refractivity contribution is 9.11. The molecule has 1 atom stereocenters. The third kappa shape index (κ3) is 5.11. The van der Waals surface area contributed by atoms with Crippen LogP contribution in [-0.4, -0.2) is 6.54 Å². The van der Waals surface area contributed by atoms with Crippen LogP contribution in [0.2, 0.25) is 0 Å². The molecule has 0 spiro atoms. The van der Waals surface area contributed by atoms with E-state index in [1.165, 1.54) is 35.7 Å². The molecule has 0 radical (unpaired) electrons. The van der Waals surface area contributed by atoms with E-state index < -0.39 is 0 Å². The number of unbranched alkanes of at least 4 members (excludes halogenated alkanes) is 1. The zero-order chi connectivity index (χ0) is 12.7. The van der Waals surface area contributed by atoms with Crippen LogP contribution in [0.4, 0.5) is 0 Å². The molecule has 1 aromatic carbocycles. The van der Waals surface area contributed by atoms with Crippen molar-refractivity contribution >= 4 is 31.9 Å². The Morgan fingerprint density at radius 3 is 2.53 bits per heavy atom. The molecule has 1 nitrogen and oxygen atoms in total. The maximum Gasteiger partial charge on any atom is 0.0331 e. The van der Waals surface area contributed by atoms with Gasteiger partial charge in [-0.2, -0.15) is 0 Å². The summed E-state index contributed by atoms with van der Waals surface area (Å²) in [6.07, 6.45) is 4.90. The molecular weight excluding hydrogens is 342 g/mol. The van der Waals surface area contributed by atoms with Crippen LogP contribution in [-0.2, 0) is 0 Å². The fourth-order valence-electron chi connectivity index (χ4n) is 1.88. The van der Waals surface area contributed by atoms with Crippen molar-refractivity contribution in [1.82, 2.24) is 5.32 Å². The summed E-state index contributed by atoms with van der Waals surface area (Å²) < 4.78 is 2.31. The normalized spacial score (nSPS) is 12.7. The fourth-order valence-corrected chi connectivity index (χ4v) is 3.20. The number of hydrogen-bond acceptors (Lipinski definition) is 1. The molecule has 1 aromatic rings. The van der Waals surface area contributed by atoms with E-state index >= 15 is 0 Å². The van der Waals surface area contributed by atoms with Gasteiger partial charge in [0.2, 0.25) is 0 Å². The molecule has 17 heavy (non-hydrogen) atoms. The minimum absolute atomic E-state index is 0.470. The van der Waals surface area contributed by atoms with Crippen molar-refractivity contribution in [3.63, 3.8) is 0 Å². The Kier molecular flexibility index (Phi) is 7.40. The van der Waals surface area contributed by atoms with Crippen LogP contribution in [0.25, 0.3) is 0 Å². The van der Waals surface area contributed by atoms with E-state index in [0.29, 0.717) is 6.04 Å². The molecule has 1 N–H and O–H groups in total. The Morgan fingerprint density at radius 2 is 1.94 bits per heavy atom. The Balaban J connectivity index is 2.79. The summed E-state index contributed by atoms with van der Waals surface area (Å²) in [4.78, 5) is 0. The summed E-state index contributed by atoms with van der Waals surface area (Å²) in [7, 11) is 0. The van der Waals surface area contributed by atoms with E-state index in [2.05, 4.69) is 69.2 Å². The Hall–Kier alpha value is 0.140. The lowest BCUT2D eigenvalue weighted by molar-refractivity contribution is 0.480. The van der Waals surface area contributed by atoms with Crippen LogP contribution in [0.3, 0.4) is 0 Å². The largest absolute Gasteiger partial charge is 0.310 e. The second kappa shape index (κ2) is 8.28. The van der Waals surface area contributed by atoms with Crippen LogP contribution >= 0.6 is 31.9 Å². The molecule has 0 saturated carbocycles. The van der Waals surface area contributed by atoms with Gasteiger partial charge in [0.1, 0.15) is 0 Å². The van der Waals surface area contributed by atoms with E-state index in [-0.39, 0.29) is 0 Å². The summed E-state index contributed by atoms with van der Waals surface area (Å²) in [5, 5.41) is 3.64. The standard InChI is InChI=1S/C14H21Br2N/c1-3-5-6-14(17-9-4-2)12-8-7-11(15)10-13(12)16/h7-8,10,14,17H,3-6,9H2,1-2H3. The lowest BCUT2D eigenvalue weighted by atomic mass is 10.0. The quantitative estimate of drug-likeness (QED) is 0.680. The number of halogens is 2. The van der Waals surface area contributed by atoms with Gasteiger partial charge in [0, 0.05) is 15.0 Å². The molecule has 96 valence electrons. The van der Waals surface area contributed by atoms with E-state index in [1.54, 1.807) is 0 Å². The predicted molar refractivity (Wildman–Crippen MR) is 82.4 cm³/mol. The smallest absolute Gasteiger partial charge is 0.0331 e. The number of hydrogen-bond donors (Lipinski definition) is 1. The summed E-state index contributed by atoms with van der Waals surface area (Å²) in [5.41, 5.74) is 1.37. The van der Waals surface area contributed by atoms with Crippen molar-refractivity contribution in [3.8, 4) is 0 Å². The molecule has 0 heterocycles. The van der Waals surface area contributed by atoms with Crippen molar-refractivity contribution in [1.29, 1.82) is 0 Å². The maximum atomic E-state index is 3.66. The van der Waals surface area contributed by atoms with Crippen molar-refractivity contribution in [2.75, 3.05) is 6.54 Å². The first kappa shape index (κ1) is 15.2. The maximum absolute atomic E-state index is 3.66. The zero-order valence-electron chi connectivity index (χ0n) is 10.6. The lowest BCUT2D eigenvalue weighted by Gasteiger charge is -2.20. The summed E-state index contributed by atoms with van der Waals surface area (Å²) in [6.45, 7) is 5.53. The van der Waals surface area contributed by atoms with Crippen LogP contribution in [0.5, 0.6) is 0 Å². The van der Waals surface area contributed by atoms with Crippen LogP contribution in [0, 0.1) is 0 Å². The second-order valence-electron chi connectivity index (χ2n) is 4.31. The first-order chi connectivity index (χ1) is 8.19. The third-order valence-electron chi connectivity index (χ3n) is 2.83. The van der Waals surface area contributed by atoms with Gasteiger partial charge in [-0.3, -0.25) is 0 Å². The monoisotopic (exact) mass is 361 g/mol. The molecule has 0 aliphatic heterocycles. The van der Waals surface area contributed by atoms with E-state index in [9.17, 15) is 0 Å². The highest BCUT2D eigenvalue weighted by atomic mass is 79.9. The van der Waals surface area contributed by atoms with Crippen LogP contribution in [0.1, 0.15) is 51.1 Å². The Labute approximate surface area is 122 Å². The van der Waals surface area contributed by atoms with Gasteiger partial charge in [0.15, 0.2) is 0 Å². The second-order valence-corrected chi connectivity index (χ2v) is 6.08. The average Bonchev–Trinajstić information content (AvgIpc) is 2.30. The van der Waals surface area contributed by atoms with Crippen LogP contribution in [0.15, 0.2) is 27.1 Å². The molecule has 0 saturated heterocycles. The van der Waals surface area contributed by atoms with E-state index in [0.717, 1.165) is 11.0 Å². The molecule has 0 aromatic heterocycles. The van der Waals surface area contributed by atoms with Crippen molar-refractivity contribution in [2.24, 2.45) is 0 Å². The first-order valence-corrected chi connectivity index (χ1v) is 7.96. The fraction of sp³-hybridized carbons (Fsp3) is 0.571. The Bertz CT molecular complexity index is 331. The van der Waals surface area contributed by atoms with Gasteiger partial charge in [-0.05, 0) is 37.1 Å². The molecule has 0 bridgehead atoms. The molecule has 1 rings (SSSR count). The summed E-state index contributed by atoms with van der Waals surface area (Å²) in [5.74, 6) is 0. The van der Waals surface area contributed by atoms with E-state index in [1.807, 2.05) is 0 Å². The number of nitrogens with one attached hydrogen (secondary N) is 1. The van der Waals surface area contributed by atoms with Crippen LogP contribution < -0.4 is 5.32 Å². The van der Waals surface area contributed by atoms with Gasteiger partial charge in [-0.25, -0.2) is 0 Å². The SMILES string of the molecule is CCCCC(NCCC)c1ccc(Br)cc1Br. The van der Waals surface area contributed by atoms with Crippen molar-refractivity contribution < 1.29 is 0 Å². The van der Waals surface area contributed by atoms with E-state index in [4.69, 9.17) is 0 Å². The van der Waals surface area contributed by atoms with Gasteiger partial charge in [-0.1, -0.05) is 64.6 Å². The molecule has 3 heteroatoms. The van der Waals surface area contributed by atoms with Gasteiger partial charge in [0.05, 0.1) is 0 Å². The highest BCUT2D eigenvalue weighted by Gasteiger charge is 2.13. The molecule has 1 unspecified atom stereocenters. The lowest BCUT2D eigenvalue weighted by Crippen LogP contribution is -2.22. The predicted octanol–water partition coefficient (Wildman–Crippen LogP) is 5.44. The molecular formula is C14H21Br2N. The summed E-state index contributed by atoms with van der Waals surface area (Å²) >= 11 is 7.16. The first-order valence-electron chi connectivity index (χ1n) is 6.37. The molecule has 0 aliphatic rings. The minimum atomic E-state index is 0.470. The third-order valence-corrected chi connectivity index (χ3v) is 4.01. The average molecular weight is 363 g/mol.